The number of likely N-dealkylation sites (tertiary alicyclic amines) is 1. The second-order valence-corrected chi connectivity index (χ2v) is 4.13. The summed E-state index contributed by atoms with van der Waals surface area (Å²) in [5.74, 6) is -0.642. The van der Waals surface area contributed by atoms with Gasteiger partial charge in [0.1, 0.15) is 18.3 Å². The van der Waals surface area contributed by atoms with Crippen LogP contribution < -0.4 is 0 Å². The summed E-state index contributed by atoms with van der Waals surface area (Å²) in [7, 11) is 0. The molecule has 1 heterocycles. The van der Waals surface area contributed by atoms with E-state index in [1.54, 1.807) is 0 Å². The fraction of sp³-hybridized carbons (Fsp3) is 0.900. The lowest BCUT2D eigenvalue weighted by atomic mass is 10.1. The maximum atomic E-state index is 11.6. The highest BCUT2D eigenvalue weighted by Gasteiger charge is 2.41. The van der Waals surface area contributed by atoms with Gasteiger partial charge in [-0.1, -0.05) is 13.3 Å². The van der Waals surface area contributed by atoms with Crippen LogP contribution in [-0.2, 0) is 4.79 Å². The highest BCUT2D eigenvalue weighted by molar-refractivity contribution is 5.81. The van der Waals surface area contributed by atoms with E-state index < -0.39 is 30.3 Å². The molecule has 0 bridgehead atoms. The monoisotopic (exact) mass is 233 g/mol. The smallest absolute Gasteiger partial charge is 0.254 e. The summed E-state index contributed by atoms with van der Waals surface area (Å²) in [6.07, 6.45) is -4.39. The molecule has 0 radical (unpaired) electrons. The van der Waals surface area contributed by atoms with Crippen LogP contribution in [0.5, 0.6) is 0 Å². The van der Waals surface area contributed by atoms with E-state index in [1.165, 1.54) is 4.90 Å². The van der Waals surface area contributed by atoms with E-state index in [4.69, 9.17) is 0 Å². The molecule has 6 nitrogen and oxygen atoms in total. The zero-order valence-corrected chi connectivity index (χ0v) is 9.28. The zero-order chi connectivity index (χ0) is 12.3. The van der Waals surface area contributed by atoms with Crippen molar-refractivity contribution in [2.75, 3.05) is 13.1 Å². The van der Waals surface area contributed by atoms with Gasteiger partial charge < -0.3 is 25.3 Å². The molecule has 1 aliphatic rings. The average molecular weight is 233 g/mol. The number of nitrogens with zero attached hydrogens (tertiary/aromatic N) is 1. The van der Waals surface area contributed by atoms with Crippen LogP contribution >= 0.6 is 0 Å². The first-order valence-corrected chi connectivity index (χ1v) is 5.50. The van der Waals surface area contributed by atoms with Gasteiger partial charge in [0.05, 0.1) is 0 Å². The molecule has 1 saturated heterocycles. The Kier molecular flexibility index (Phi) is 4.67. The van der Waals surface area contributed by atoms with Crippen LogP contribution in [0, 0.1) is 0 Å². The predicted octanol–water partition coefficient (Wildman–Crippen LogP) is -1.93. The fourth-order valence-corrected chi connectivity index (χ4v) is 1.72. The van der Waals surface area contributed by atoms with Gasteiger partial charge in [-0.05, 0) is 6.42 Å². The van der Waals surface area contributed by atoms with Gasteiger partial charge in [-0.15, -0.1) is 0 Å². The van der Waals surface area contributed by atoms with Crippen molar-refractivity contribution in [3.05, 3.63) is 0 Å². The third kappa shape index (κ3) is 2.70. The number of β-amino-alcohol motifs (C(OH)–C–C–N with tert-alkyl or cyclic N) is 1. The van der Waals surface area contributed by atoms with E-state index in [0.717, 1.165) is 12.8 Å². The van der Waals surface area contributed by atoms with Crippen LogP contribution in [-0.4, -0.2) is 68.7 Å². The van der Waals surface area contributed by atoms with Gasteiger partial charge in [0, 0.05) is 13.1 Å². The Balaban J connectivity index is 2.76. The molecule has 1 rings (SSSR count). The molecule has 0 aromatic heterocycles. The molecule has 0 spiro atoms. The number of rotatable bonds is 3. The number of unbranched alkanes of at least 4 members (excludes halogenated alkanes) is 1. The SMILES string of the molecule is CCCCN1C[C@@H](O)[C@H](O)[C@H](O)[C@@H](O)C1=O. The number of hydrogen-bond acceptors (Lipinski definition) is 5. The largest absolute Gasteiger partial charge is 0.388 e. The summed E-state index contributed by atoms with van der Waals surface area (Å²) in [4.78, 5) is 12.9. The Hall–Kier alpha value is -0.690. The number of hydrogen-bond donors (Lipinski definition) is 4. The molecule has 4 atom stereocenters. The van der Waals surface area contributed by atoms with E-state index in [1.807, 2.05) is 6.92 Å². The number of amides is 1. The Morgan fingerprint density at radius 2 is 1.88 bits per heavy atom. The normalized spacial score (nSPS) is 36.3. The molecule has 0 saturated carbocycles. The lowest BCUT2D eigenvalue weighted by molar-refractivity contribution is -0.147. The molecule has 16 heavy (non-hydrogen) atoms. The van der Waals surface area contributed by atoms with Crippen molar-refractivity contribution in [2.45, 2.75) is 44.2 Å². The van der Waals surface area contributed by atoms with Gasteiger partial charge in [0.25, 0.3) is 5.91 Å². The van der Waals surface area contributed by atoms with Crippen molar-refractivity contribution >= 4 is 5.91 Å². The number of aliphatic hydroxyl groups excluding tert-OH is 4. The summed E-state index contributed by atoms with van der Waals surface area (Å²) < 4.78 is 0. The Bertz CT molecular complexity index is 247. The van der Waals surface area contributed by atoms with Gasteiger partial charge in [-0.3, -0.25) is 4.79 Å². The lowest BCUT2D eigenvalue weighted by Crippen LogP contribution is -2.45. The molecule has 0 unspecified atom stereocenters. The second-order valence-electron chi connectivity index (χ2n) is 4.13. The average Bonchev–Trinajstić information content (AvgIpc) is 2.34. The molecule has 1 fully saturated rings. The first kappa shape index (κ1) is 13.4. The molecule has 0 aromatic carbocycles. The molecule has 1 aliphatic heterocycles. The highest BCUT2D eigenvalue weighted by Crippen LogP contribution is 2.15. The van der Waals surface area contributed by atoms with Crippen LogP contribution in [0.3, 0.4) is 0 Å². The molecule has 0 aliphatic carbocycles. The summed E-state index contributed by atoms with van der Waals surface area (Å²) in [5, 5.41) is 37.8. The molecule has 6 heteroatoms. The van der Waals surface area contributed by atoms with Crippen molar-refractivity contribution < 1.29 is 25.2 Å². The molecular formula is C10H19NO5. The predicted molar refractivity (Wildman–Crippen MR) is 55.5 cm³/mol. The quantitative estimate of drug-likeness (QED) is 0.455. The molecule has 0 aromatic rings. The first-order chi connectivity index (χ1) is 7.49. The minimum absolute atomic E-state index is 0.0614. The molecule has 1 amide bonds. The minimum Gasteiger partial charge on any atom is -0.388 e. The third-order valence-corrected chi connectivity index (χ3v) is 2.82. The minimum atomic E-state index is -1.66. The zero-order valence-electron chi connectivity index (χ0n) is 9.28. The summed E-state index contributed by atoms with van der Waals surface area (Å²) >= 11 is 0. The Morgan fingerprint density at radius 1 is 1.25 bits per heavy atom. The van der Waals surface area contributed by atoms with E-state index in [-0.39, 0.29) is 6.54 Å². The van der Waals surface area contributed by atoms with Crippen molar-refractivity contribution in [1.82, 2.24) is 4.90 Å². The number of aliphatic hydroxyl groups is 4. The Morgan fingerprint density at radius 3 is 2.44 bits per heavy atom. The van der Waals surface area contributed by atoms with Gasteiger partial charge >= 0.3 is 0 Å². The topological polar surface area (TPSA) is 101 Å². The Labute approximate surface area is 94.1 Å². The first-order valence-electron chi connectivity index (χ1n) is 5.50. The van der Waals surface area contributed by atoms with Crippen LogP contribution in [0.25, 0.3) is 0 Å². The fourth-order valence-electron chi connectivity index (χ4n) is 1.72. The van der Waals surface area contributed by atoms with Gasteiger partial charge in [0.15, 0.2) is 6.10 Å². The van der Waals surface area contributed by atoms with Crippen LogP contribution in [0.4, 0.5) is 0 Å². The number of carbonyl (C=O) groups is 1. The summed E-state index contributed by atoms with van der Waals surface area (Å²) in [5.41, 5.74) is 0. The molecule has 94 valence electrons. The van der Waals surface area contributed by atoms with E-state index >= 15 is 0 Å². The van der Waals surface area contributed by atoms with Crippen molar-refractivity contribution in [1.29, 1.82) is 0 Å². The third-order valence-electron chi connectivity index (χ3n) is 2.82. The summed E-state index contributed by atoms with van der Waals surface area (Å²) in [6.45, 7) is 2.30. The van der Waals surface area contributed by atoms with Crippen LogP contribution in [0.15, 0.2) is 0 Å². The number of carbonyl (C=O) groups excluding carboxylic acids is 1. The van der Waals surface area contributed by atoms with Gasteiger partial charge in [-0.2, -0.15) is 0 Å². The standard InChI is InChI=1S/C10H19NO5/c1-2-3-4-11-5-6(12)7(13)8(14)9(15)10(11)16/h6-9,12-15H,2-5H2,1H3/t6-,7+,8+,9-/m1/s1. The van der Waals surface area contributed by atoms with Crippen LogP contribution in [0.2, 0.25) is 0 Å². The lowest BCUT2D eigenvalue weighted by Gasteiger charge is -2.23. The molecular weight excluding hydrogens is 214 g/mol. The van der Waals surface area contributed by atoms with E-state index in [0.29, 0.717) is 6.54 Å². The second kappa shape index (κ2) is 5.58. The maximum Gasteiger partial charge on any atom is 0.254 e. The molecule has 4 N–H and O–H groups in total. The highest BCUT2D eigenvalue weighted by atomic mass is 16.4. The van der Waals surface area contributed by atoms with Gasteiger partial charge in [0.2, 0.25) is 0 Å². The van der Waals surface area contributed by atoms with E-state index in [9.17, 15) is 25.2 Å². The van der Waals surface area contributed by atoms with Crippen molar-refractivity contribution in [3.63, 3.8) is 0 Å². The van der Waals surface area contributed by atoms with Crippen molar-refractivity contribution in [2.24, 2.45) is 0 Å². The maximum absolute atomic E-state index is 11.6. The van der Waals surface area contributed by atoms with Crippen LogP contribution in [0.1, 0.15) is 19.8 Å². The summed E-state index contributed by atoms with van der Waals surface area (Å²) in [6, 6.07) is 0. The van der Waals surface area contributed by atoms with Gasteiger partial charge in [-0.25, -0.2) is 0 Å². The van der Waals surface area contributed by atoms with E-state index in [2.05, 4.69) is 0 Å². The van der Waals surface area contributed by atoms with Crippen molar-refractivity contribution in [3.8, 4) is 0 Å².